The van der Waals surface area contributed by atoms with Crippen molar-refractivity contribution in [1.29, 1.82) is 0 Å². The Morgan fingerprint density at radius 2 is 1.56 bits per heavy atom. The first-order valence-electron chi connectivity index (χ1n) is 5.89. The summed E-state index contributed by atoms with van der Waals surface area (Å²) >= 11 is 12.3. The van der Waals surface area contributed by atoms with Gasteiger partial charge in [-0.1, -0.05) is 59.6 Å². The van der Waals surface area contributed by atoms with Crippen molar-refractivity contribution in [2.75, 3.05) is 0 Å². The molecule has 3 heteroatoms. The summed E-state index contributed by atoms with van der Waals surface area (Å²) in [6.45, 7) is 2.82. The monoisotopic (exact) mass is 279 g/mol. The van der Waals surface area contributed by atoms with Crippen molar-refractivity contribution in [1.82, 2.24) is 5.32 Å². The summed E-state index contributed by atoms with van der Waals surface area (Å²) in [5.41, 5.74) is 2.20. The van der Waals surface area contributed by atoms with Gasteiger partial charge in [-0.3, -0.25) is 0 Å². The molecule has 0 aliphatic carbocycles. The molecule has 0 saturated carbocycles. The molecule has 0 aliphatic heterocycles. The lowest BCUT2D eigenvalue weighted by Gasteiger charge is -2.16. The summed E-state index contributed by atoms with van der Waals surface area (Å²) in [4.78, 5) is 0. The van der Waals surface area contributed by atoms with Gasteiger partial charge in [0.2, 0.25) is 0 Å². The van der Waals surface area contributed by atoms with Crippen LogP contribution in [-0.2, 0) is 6.54 Å². The third-order valence-electron chi connectivity index (χ3n) is 2.93. The molecule has 1 N–H and O–H groups in total. The van der Waals surface area contributed by atoms with Crippen LogP contribution in [0, 0.1) is 0 Å². The SMILES string of the molecule is C[C@@H](NCc1ccccc1Cl)c1ccccc1Cl. The highest BCUT2D eigenvalue weighted by Gasteiger charge is 2.08. The van der Waals surface area contributed by atoms with Crippen LogP contribution in [0.5, 0.6) is 0 Å². The van der Waals surface area contributed by atoms with Gasteiger partial charge in [-0.15, -0.1) is 0 Å². The first kappa shape index (κ1) is 13.4. The standard InChI is InChI=1S/C15H15Cl2N/c1-11(13-7-3-5-9-15(13)17)18-10-12-6-2-4-8-14(12)16/h2-9,11,18H,10H2,1H3/t11-/m1/s1. The molecule has 0 bridgehead atoms. The molecule has 94 valence electrons. The number of hydrogen-bond acceptors (Lipinski definition) is 1. The highest BCUT2D eigenvalue weighted by molar-refractivity contribution is 6.31. The Morgan fingerprint density at radius 1 is 0.944 bits per heavy atom. The van der Waals surface area contributed by atoms with E-state index < -0.39 is 0 Å². The van der Waals surface area contributed by atoms with Crippen LogP contribution >= 0.6 is 23.2 Å². The average molecular weight is 280 g/mol. The Balaban J connectivity index is 2.03. The van der Waals surface area contributed by atoms with Crippen LogP contribution < -0.4 is 5.32 Å². The Bertz CT molecular complexity index is 525. The van der Waals surface area contributed by atoms with Gasteiger partial charge in [0.25, 0.3) is 0 Å². The second-order valence-electron chi connectivity index (χ2n) is 4.22. The Labute approximate surface area is 118 Å². The fraction of sp³-hybridized carbons (Fsp3) is 0.200. The number of halogens is 2. The fourth-order valence-corrected chi connectivity index (χ4v) is 2.34. The van der Waals surface area contributed by atoms with Gasteiger partial charge >= 0.3 is 0 Å². The maximum atomic E-state index is 6.17. The van der Waals surface area contributed by atoms with Gasteiger partial charge in [0, 0.05) is 22.6 Å². The second kappa shape index (κ2) is 6.24. The molecule has 0 aliphatic rings. The lowest BCUT2D eigenvalue weighted by atomic mass is 10.1. The van der Waals surface area contributed by atoms with Gasteiger partial charge in [-0.25, -0.2) is 0 Å². The van der Waals surface area contributed by atoms with Crippen LogP contribution in [0.3, 0.4) is 0 Å². The quantitative estimate of drug-likeness (QED) is 0.844. The van der Waals surface area contributed by atoms with Crippen molar-refractivity contribution in [2.45, 2.75) is 19.5 Å². The molecule has 0 saturated heterocycles. The molecular weight excluding hydrogens is 265 g/mol. The zero-order chi connectivity index (χ0) is 13.0. The molecule has 0 amide bonds. The summed E-state index contributed by atoms with van der Waals surface area (Å²) in [6.07, 6.45) is 0. The Kier molecular flexibility index (Phi) is 4.65. The van der Waals surface area contributed by atoms with Crippen LogP contribution in [-0.4, -0.2) is 0 Å². The van der Waals surface area contributed by atoms with Gasteiger partial charge in [0.1, 0.15) is 0 Å². The van der Waals surface area contributed by atoms with Crippen LogP contribution in [0.1, 0.15) is 24.1 Å². The highest BCUT2D eigenvalue weighted by atomic mass is 35.5. The van der Waals surface area contributed by atoms with E-state index in [4.69, 9.17) is 23.2 Å². The largest absolute Gasteiger partial charge is 0.306 e. The van der Waals surface area contributed by atoms with Crippen molar-refractivity contribution in [3.8, 4) is 0 Å². The second-order valence-corrected chi connectivity index (χ2v) is 5.03. The van der Waals surface area contributed by atoms with E-state index in [1.807, 2.05) is 48.5 Å². The lowest BCUT2D eigenvalue weighted by Crippen LogP contribution is -2.18. The molecule has 2 aromatic rings. The number of benzene rings is 2. The van der Waals surface area contributed by atoms with E-state index in [-0.39, 0.29) is 6.04 Å². The van der Waals surface area contributed by atoms with E-state index in [0.717, 1.165) is 27.7 Å². The summed E-state index contributed by atoms with van der Waals surface area (Å²) in [6, 6.07) is 15.9. The maximum Gasteiger partial charge on any atom is 0.0453 e. The molecule has 0 aromatic heterocycles. The minimum absolute atomic E-state index is 0.190. The van der Waals surface area contributed by atoms with Gasteiger partial charge in [-0.05, 0) is 30.2 Å². The van der Waals surface area contributed by atoms with E-state index in [1.54, 1.807) is 0 Å². The maximum absolute atomic E-state index is 6.17. The lowest BCUT2D eigenvalue weighted by molar-refractivity contribution is 0.575. The molecule has 0 unspecified atom stereocenters. The minimum atomic E-state index is 0.190. The number of hydrogen-bond donors (Lipinski definition) is 1. The number of rotatable bonds is 4. The fourth-order valence-electron chi connectivity index (χ4n) is 1.84. The third kappa shape index (κ3) is 3.26. The van der Waals surface area contributed by atoms with E-state index in [0.29, 0.717) is 0 Å². The topological polar surface area (TPSA) is 12.0 Å². The summed E-state index contributed by atoms with van der Waals surface area (Å²) in [5, 5.41) is 5.00. The van der Waals surface area contributed by atoms with Crippen LogP contribution in [0.15, 0.2) is 48.5 Å². The predicted octanol–water partition coefficient (Wildman–Crippen LogP) is 4.84. The minimum Gasteiger partial charge on any atom is -0.306 e. The molecule has 18 heavy (non-hydrogen) atoms. The highest BCUT2D eigenvalue weighted by Crippen LogP contribution is 2.23. The normalized spacial score (nSPS) is 12.4. The number of nitrogens with one attached hydrogen (secondary N) is 1. The molecular formula is C15H15Cl2N. The van der Waals surface area contributed by atoms with E-state index >= 15 is 0 Å². The van der Waals surface area contributed by atoms with Crippen LogP contribution in [0.2, 0.25) is 10.0 Å². The molecule has 2 rings (SSSR count). The van der Waals surface area contributed by atoms with Crippen molar-refractivity contribution in [3.63, 3.8) is 0 Å². The van der Waals surface area contributed by atoms with Gasteiger partial charge < -0.3 is 5.32 Å². The average Bonchev–Trinajstić information content (AvgIpc) is 2.38. The summed E-state index contributed by atoms with van der Waals surface area (Å²) < 4.78 is 0. The third-order valence-corrected chi connectivity index (χ3v) is 3.64. The molecule has 2 aromatic carbocycles. The first-order valence-corrected chi connectivity index (χ1v) is 6.65. The summed E-state index contributed by atoms with van der Waals surface area (Å²) in [7, 11) is 0. The van der Waals surface area contributed by atoms with Gasteiger partial charge in [-0.2, -0.15) is 0 Å². The van der Waals surface area contributed by atoms with E-state index in [9.17, 15) is 0 Å². The molecule has 1 atom stereocenters. The molecule has 0 heterocycles. The van der Waals surface area contributed by atoms with Crippen LogP contribution in [0.25, 0.3) is 0 Å². The van der Waals surface area contributed by atoms with Gasteiger partial charge in [0.05, 0.1) is 0 Å². The van der Waals surface area contributed by atoms with Crippen molar-refractivity contribution in [3.05, 3.63) is 69.7 Å². The van der Waals surface area contributed by atoms with Gasteiger partial charge in [0.15, 0.2) is 0 Å². The van der Waals surface area contributed by atoms with Crippen LogP contribution in [0.4, 0.5) is 0 Å². The zero-order valence-electron chi connectivity index (χ0n) is 10.2. The zero-order valence-corrected chi connectivity index (χ0v) is 11.7. The molecule has 0 spiro atoms. The smallest absolute Gasteiger partial charge is 0.0453 e. The van der Waals surface area contributed by atoms with Crippen molar-refractivity contribution >= 4 is 23.2 Å². The molecule has 0 fully saturated rings. The Morgan fingerprint density at radius 3 is 2.22 bits per heavy atom. The summed E-state index contributed by atoms with van der Waals surface area (Å²) in [5.74, 6) is 0. The Hall–Kier alpha value is -1.02. The van der Waals surface area contributed by atoms with E-state index in [1.165, 1.54) is 0 Å². The molecule has 1 nitrogen and oxygen atoms in total. The van der Waals surface area contributed by atoms with Crippen molar-refractivity contribution < 1.29 is 0 Å². The first-order chi connectivity index (χ1) is 8.68. The van der Waals surface area contributed by atoms with E-state index in [2.05, 4.69) is 12.2 Å². The predicted molar refractivity (Wildman–Crippen MR) is 78.2 cm³/mol. The van der Waals surface area contributed by atoms with Crippen molar-refractivity contribution in [2.24, 2.45) is 0 Å². The molecule has 0 radical (unpaired) electrons.